The van der Waals surface area contributed by atoms with E-state index in [-0.39, 0.29) is 6.04 Å². The molecule has 76 valence electrons. The van der Waals surface area contributed by atoms with E-state index in [1.54, 1.807) is 0 Å². The molecule has 2 rings (SSSR count). The normalized spacial score (nSPS) is 20.1. The number of benzene rings is 1. The minimum Gasteiger partial charge on any atom is -0.493 e. The number of ether oxygens (including phenoxy) is 1. The van der Waals surface area contributed by atoms with Gasteiger partial charge in [0.2, 0.25) is 0 Å². The first-order chi connectivity index (χ1) is 6.74. The van der Waals surface area contributed by atoms with Crippen LogP contribution in [0.25, 0.3) is 0 Å². The molecule has 1 aliphatic rings. The number of hydrogen-bond acceptors (Lipinski definition) is 2. The molecule has 0 saturated heterocycles. The van der Waals surface area contributed by atoms with Gasteiger partial charge in [0.25, 0.3) is 0 Å². The Kier molecular flexibility index (Phi) is 2.46. The van der Waals surface area contributed by atoms with Crippen molar-refractivity contribution < 1.29 is 4.74 Å². The first-order valence-electron chi connectivity index (χ1n) is 5.24. The summed E-state index contributed by atoms with van der Waals surface area (Å²) in [5.74, 6) is 1.05. The first kappa shape index (κ1) is 9.53. The van der Waals surface area contributed by atoms with E-state index < -0.39 is 0 Å². The minimum absolute atomic E-state index is 0.158. The maximum Gasteiger partial charge on any atom is 0.127 e. The molecule has 1 aromatic rings. The van der Waals surface area contributed by atoms with Crippen LogP contribution in [0, 0.1) is 6.92 Å². The third-order valence-electron chi connectivity index (χ3n) is 2.92. The topological polar surface area (TPSA) is 35.2 Å². The summed E-state index contributed by atoms with van der Waals surface area (Å²) in [7, 11) is 0. The molecule has 0 bridgehead atoms. The van der Waals surface area contributed by atoms with Crippen LogP contribution >= 0.6 is 0 Å². The summed E-state index contributed by atoms with van der Waals surface area (Å²) < 4.78 is 5.72. The van der Waals surface area contributed by atoms with Crippen molar-refractivity contribution in [3.8, 4) is 5.75 Å². The van der Waals surface area contributed by atoms with Crippen LogP contribution in [0.4, 0.5) is 0 Å². The molecule has 1 aromatic carbocycles. The van der Waals surface area contributed by atoms with E-state index in [2.05, 4.69) is 26.0 Å². The van der Waals surface area contributed by atoms with Gasteiger partial charge < -0.3 is 10.5 Å². The van der Waals surface area contributed by atoms with Gasteiger partial charge in [-0.1, -0.05) is 19.1 Å². The van der Waals surface area contributed by atoms with Gasteiger partial charge in [-0.2, -0.15) is 0 Å². The Labute approximate surface area is 85.1 Å². The van der Waals surface area contributed by atoms with Crippen LogP contribution in [0.1, 0.15) is 36.1 Å². The molecule has 0 radical (unpaired) electrons. The molecule has 1 aliphatic heterocycles. The second-order valence-electron chi connectivity index (χ2n) is 3.88. The first-order valence-corrected chi connectivity index (χ1v) is 5.24. The zero-order valence-electron chi connectivity index (χ0n) is 8.84. The number of rotatable bonds is 1. The summed E-state index contributed by atoms with van der Waals surface area (Å²) in [5.41, 5.74) is 9.84. The van der Waals surface area contributed by atoms with E-state index in [1.807, 2.05) is 0 Å². The molecule has 0 saturated carbocycles. The van der Waals surface area contributed by atoms with Gasteiger partial charge in [-0.25, -0.2) is 0 Å². The van der Waals surface area contributed by atoms with Crippen LogP contribution in [-0.2, 0) is 6.42 Å². The summed E-state index contributed by atoms with van der Waals surface area (Å²) in [4.78, 5) is 0. The van der Waals surface area contributed by atoms with Crippen LogP contribution < -0.4 is 10.5 Å². The SMILES string of the molecule is CCc1ccc(C)c2c1OCC[C@H]2N. The minimum atomic E-state index is 0.158. The number of nitrogens with two attached hydrogens (primary N) is 1. The van der Waals surface area contributed by atoms with Crippen LogP contribution in [-0.4, -0.2) is 6.61 Å². The Bertz CT molecular complexity index is 346. The summed E-state index contributed by atoms with van der Waals surface area (Å²) in [6.45, 7) is 5.01. The summed E-state index contributed by atoms with van der Waals surface area (Å²) >= 11 is 0. The van der Waals surface area contributed by atoms with Crippen molar-refractivity contribution in [3.63, 3.8) is 0 Å². The Morgan fingerprint density at radius 2 is 2.29 bits per heavy atom. The smallest absolute Gasteiger partial charge is 0.127 e. The zero-order valence-corrected chi connectivity index (χ0v) is 8.84. The number of fused-ring (bicyclic) bond motifs is 1. The van der Waals surface area contributed by atoms with Crippen molar-refractivity contribution in [2.75, 3.05) is 6.61 Å². The average Bonchev–Trinajstić information content (AvgIpc) is 2.18. The lowest BCUT2D eigenvalue weighted by molar-refractivity contribution is 0.265. The van der Waals surface area contributed by atoms with E-state index in [9.17, 15) is 0 Å². The van der Waals surface area contributed by atoms with E-state index in [0.29, 0.717) is 0 Å². The maximum atomic E-state index is 6.09. The van der Waals surface area contributed by atoms with Crippen molar-refractivity contribution in [1.82, 2.24) is 0 Å². The molecule has 0 amide bonds. The highest BCUT2D eigenvalue weighted by Gasteiger charge is 2.21. The predicted octanol–water partition coefficient (Wildman–Crippen LogP) is 2.34. The summed E-state index contributed by atoms with van der Waals surface area (Å²) in [6.07, 6.45) is 1.94. The third-order valence-corrected chi connectivity index (χ3v) is 2.92. The number of hydrogen-bond donors (Lipinski definition) is 1. The Balaban J connectivity index is 2.57. The average molecular weight is 191 g/mol. The van der Waals surface area contributed by atoms with Crippen molar-refractivity contribution in [2.24, 2.45) is 5.73 Å². The van der Waals surface area contributed by atoms with Crippen LogP contribution in [0.15, 0.2) is 12.1 Å². The standard InChI is InChI=1S/C12H17NO/c1-3-9-5-4-8(2)11-10(13)6-7-14-12(9)11/h4-5,10H,3,6-7,13H2,1-2H3/t10-/m1/s1. The molecule has 2 nitrogen and oxygen atoms in total. The molecule has 0 unspecified atom stereocenters. The van der Waals surface area contributed by atoms with Gasteiger partial charge in [-0.3, -0.25) is 0 Å². The van der Waals surface area contributed by atoms with Crippen molar-refractivity contribution in [2.45, 2.75) is 32.7 Å². The fraction of sp³-hybridized carbons (Fsp3) is 0.500. The molecule has 1 heterocycles. The second-order valence-corrected chi connectivity index (χ2v) is 3.88. The largest absolute Gasteiger partial charge is 0.493 e. The molecule has 1 atom stereocenters. The van der Waals surface area contributed by atoms with E-state index in [0.717, 1.165) is 25.2 Å². The van der Waals surface area contributed by atoms with Crippen LogP contribution in [0.5, 0.6) is 5.75 Å². The van der Waals surface area contributed by atoms with Gasteiger partial charge in [0.15, 0.2) is 0 Å². The lowest BCUT2D eigenvalue weighted by Gasteiger charge is -2.26. The molecule has 2 heteroatoms. The fourth-order valence-corrected chi connectivity index (χ4v) is 2.09. The molecule has 0 aromatic heterocycles. The second kappa shape index (κ2) is 3.62. The molecule has 0 spiro atoms. The zero-order chi connectivity index (χ0) is 10.1. The molecule has 14 heavy (non-hydrogen) atoms. The Hall–Kier alpha value is -1.02. The van der Waals surface area contributed by atoms with E-state index in [1.165, 1.54) is 16.7 Å². The monoisotopic (exact) mass is 191 g/mol. The van der Waals surface area contributed by atoms with E-state index >= 15 is 0 Å². The number of aryl methyl sites for hydroxylation is 2. The molecule has 0 fully saturated rings. The molecular weight excluding hydrogens is 174 g/mol. The third kappa shape index (κ3) is 1.40. The van der Waals surface area contributed by atoms with Gasteiger partial charge in [0, 0.05) is 18.0 Å². The highest BCUT2D eigenvalue weighted by Crippen LogP contribution is 2.36. The molecule has 0 aliphatic carbocycles. The van der Waals surface area contributed by atoms with Crippen LogP contribution in [0.3, 0.4) is 0 Å². The fourth-order valence-electron chi connectivity index (χ4n) is 2.09. The van der Waals surface area contributed by atoms with Crippen molar-refractivity contribution in [3.05, 3.63) is 28.8 Å². The van der Waals surface area contributed by atoms with Crippen molar-refractivity contribution >= 4 is 0 Å². The lowest BCUT2D eigenvalue weighted by Crippen LogP contribution is -2.22. The van der Waals surface area contributed by atoms with E-state index in [4.69, 9.17) is 10.5 Å². The highest BCUT2D eigenvalue weighted by molar-refractivity contribution is 5.48. The Morgan fingerprint density at radius 1 is 1.50 bits per heavy atom. The highest BCUT2D eigenvalue weighted by atomic mass is 16.5. The maximum absolute atomic E-state index is 6.09. The summed E-state index contributed by atoms with van der Waals surface area (Å²) in [5, 5.41) is 0. The van der Waals surface area contributed by atoms with Gasteiger partial charge in [0.05, 0.1) is 6.61 Å². The van der Waals surface area contributed by atoms with Gasteiger partial charge in [0.1, 0.15) is 5.75 Å². The quantitative estimate of drug-likeness (QED) is 0.739. The van der Waals surface area contributed by atoms with Crippen LogP contribution in [0.2, 0.25) is 0 Å². The van der Waals surface area contributed by atoms with Gasteiger partial charge in [-0.05, 0) is 24.5 Å². The lowest BCUT2D eigenvalue weighted by atomic mass is 9.93. The Morgan fingerprint density at radius 3 is 3.00 bits per heavy atom. The predicted molar refractivity (Wildman–Crippen MR) is 57.6 cm³/mol. The van der Waals surface area contributed by atoms with Crippen molar-refractivity contribution in [1.29, 1.82) is 0 Å². The van der Waals surface area contributed by atoms with Gasteiger partial charge >= 0.3 is 0 Å². The molecular formula is C12H17NO. The summed E-state index contributed by atoms with van der Waals surface area (Å²) in [6, 6.07) is 4.45. The molecule has 2 N–H and O–H groups in total. The van der Waals surface area contributed by atoms with Gasteiger partial charge in [-0.15, -0.1) is 0 Å².